The second-order valence-electron chi connectivity index (χ2n) is 5.75. The number of benzene rings is 2. The topological polar surface area (TPSA) is 67.0 Å². The van der Waals surface area contributed by atoms with E-state index in [1.165, 1.54) is 6.20 Å². The van der Waals surface area contributed by atoms with Gasteiger partial charge < -0.3 is 10.1 Å². The van der Waals surface area contributed by atoms with Crippen LogP contribution < -0.4 is 10.1 Å². The number of hydrogen-bond donors (Lipinski definition) is 2. The summed E-state index contributed by atoms with van der Waals surface area (Å²) < 4.78 is 5.43. The van der Waals surface area contributed by atoms with E-state index in [2.05, 4.69) is 15.5 Å². The first-order chi connectivity index (χ1) is 12.7. The quantitative estimate of drug-likeness (QED) is 0.658. The maximum absolute atomic E-state index is 12.5. The van der Waals surface area contributed by atoms with E-state index in [0.29, 0.717) is 29.4 Å². The fraction of sp³-hybridized carbons (Fsp3) is 0.200. The number of aromatic nitrogens is 2. The number of nitrogens with one attached hydrogen (secondary N) is 2. The van der Waals surface area contributed by atoms with Gasteiger partial charge in [0.15, 0.2) is 0 Å². The van der Waals surface area contributed by atoms with Gasteiger partial charge in [-0.05, 0) is 43.2 Å². The number of nitrogens with zero attached hydrogens (tertiary/aromatic N) is 1. The minimum atomic E-state index is -0.158. The van der Waals surface area contributed by atoms with E-state index in [9.17, 15) is 4.79 Å². The van der Waals surface area contributed by atoms with Crippen molar-refractivity contribution >= 4 is 17.5 Å². The lowest BCUT2D eigenvalue weighted by molar-refractivity contribution is 0.0955. The van der Waals surface area contributed by atoms with E-state index in [0.717, 1.165) is 23.3 Å². The van der Waals surface area contributed by atoms with E-state index in [-0.39, 0.29) is 5.91 Å². The molecule has 0 saturated carbocycles. The molecule has 3 rings (SSSR count). The highest BCUT2D eigenvalue weighted by Gasteiger charge is 2.14. The number of hydrogen-bond acceptors (Lipinski definition) is 3. The third kappa shape index (κ3) is 4.43. The predicted octanol–water partition coefficient (Wildman–Crippen LogP) is 4.10. The molecule has 0 spiro atoms. The van der Waals surface area contributed by atoms with Gasteiger partial charge in [0.25, 0.3) is 5.91 Å². The molecule has 0 atom stereocenters. The summed E-state index contributed by atoms with van der Waals surface area (Å²) >= 11 is 5.92. The van der Waals surface area contributed by atoms with Crippen molar-refractivity contribution in [2.75, 3.05) is 13.2 Å². The van der Waals surface area contributed by atoms with Crippen LogP contribution in [0, 0.1) is 0 Å². The first-order valence-corrected chi connectivity index (χ1v) is 8.84. The van der Waals surface area contributed by atoms with Gasteiger partial charge in [-0.1, -0.05) is 35.9 Å². The van der Waals surface area contributed by atoms with Crippen molar-refractivity contribution in [1.82, 2.24) is 15.5 Å². The maximum atomic E-state index is 12.5. The van der Waals surface area contributed by atoms with Crippen molar-refractivity contribution in [2.24, 2.45) is 0 Å². The van der Waals surface area contributed by atoms with Crippen LogP contribution >= 0.6 is 11.6 Å². The summed E-state index contributed by atoms with van der Waals surface area (Å²) in [6, 6.07) is 15.2. The Morgan fingerprint density at radius 1 is 1.15 bits per heavy atom. The van der Waals surface area contributed by atoms with Crippen LogP contribution in [0.15, 0.2) is 54.7 Å². The second kappa shape index (κ2) is 8.54. The average molecular weight is 370 g/mol. The SMILES string of the molecule is CCOc1ccc(CCNC(=O)c2cn[nH]c2-c2ccc(Cl)cc2)cc1. The first kappa shape index (κ1) is 18.0. The molecule has 0 bridgehead atoms. The molecule has 26 heavy (non-hydrogen) atoms. The van der Waals surface area contributed by atoms with Crippen LogP contribution in [0.2, 0.25) is 5.02 Å². The summed E-state index contributed by atoms with van der Waals surface area (Å²) in [6.45, 7) is 3.14. The van der Waals surface area contributed by atoms with E-state index >= 15 is 0 Å². The molecule has 2 N–H and O–H groups in total. The molecule has 0 fully saturated rings. The largest absolute Gasteiger partial charge is 0.494 e. The smallest absolute Gasteiger partial charge is 0.255 e. The van der Waals surface area contributed by atoms with E-state index in [1.54, 1.807) is 12.1 Å². The average Bonchev–Trinajstić information content (AvgIpc) is 3.14. The molecule has 5 nitrogen and oxygen atoms in total. The Morgan fingerprint density at radius 2 is 1.88 bits per heavy atom. The lowest BCUT2D eigenvalue weighted by atomic mass is 10.1. The number of carbonyl (C=O) groups excluding carboxylic acids is 1. The van der Waals surface area contributed by atoms with E-state index < -0.39 is 0 Å². The van der Waals surface area contributed by atoms with Crippen LogP contribution in [0.3, 0.4) is 0 Å². The molecule has 0 aliphatic rings. The summed E-state index contributed by atoms with van der Waals surface area (Å²) in [4.78, 5) is 12.5. The highest BCUT2D eigenvalue weighted by molar-refractivity contribution is 6.30. The molecular formula is C20H20ClN3O2. The van der Waals surface area contributed by atoms with Gasteiger partial charge in [-0.15, -0.1) is 0 Å². The lowest BCUT2D eigenvalue weighted by Crippen LogP contribution is -2.25. The molecule has 2 aromatic carbocycles. The summed E-state index contributed by atoms with van der Waals surface area (Å²) in [5, 5.41) is 10.5. The highest BCUT2D eigenvalue weighted by Crippen LogP contribution is 2.22. The summed E-state index contributed by atoms with van der Waals surface area (Å²) in [5.74, 6) is 0.695. The Bertz CT molecular complexity index is 858. The molecular weight excluding hydrogens is 350 g/mol. The lowest BCUT2D eigenvalue weighted by Gasteiger charge is -2.07. The zero-order valence-corrected chi connectivity index (χ0v) is 15.2. The zero-order chi connectivity index (χ0) is 18.4. The Hall–Kier alpha value is -2.79. The molecule has 0 radical (unpaired) electrons. The Morgan fingerprint density at radius 3 is 2.58 bits per heavy atom. The van der Waals surface area contributed by atoms with Gasteiger partial charge in [0.1, 0.15) is 5.75 Å². The number of aromatic amines is 1. The zero-order valence-electron chi connectivity index (χ0n) is 14.5. The molecule has 1 amide bonds. The van der Waals surface area contributed by atoms with Gasteiger partial charge in [-0.3, -0.25) is 9.89 Å². The Balaban J connectivity index is 1.59. The molecule has 1 aromatic heterocycles. The van der Waals surface area contributed by atoms with Crippen molar-refractivity contribution in [1.29, 1.82) is 0 Å². The van der Waals surface area contributed by atoms with Crippen molar-refractivity contribution in [3.63, 3.8) is 0 Å². The summed E-state index contributed by atoms with van der Waals surface area (Å²) in [5.41, 5.74) is 3.20. The molecule has 0 aliphatic carbocycles. The number of halogens is 1. The van der Waals surface area contributed by atoms with Gasteiger partial charge in [0, 0.05) is 17.1 Å². The molecule has 134 valence electrons. The van der Waals surface area contributed by atoms with Crippen LogP contribution in [0.5, 0.6) is 5.75 Å². The van der Waals surface area contributed by atoms with Gasteiger partial charge >= 0.3 is 0 Å². The Labute approximate surface area is 157 Å². The van der Waals surface area contributed by atoms with Gasteiger partial charge in [-0.2, -0.15) is 5.10 Å². The molecule has 3 aromatic rings. The number of rotatable bonds is 7. The Kier molecular flexibility index (Phi) is 5.92. The fourth-order valence-corrected chi connectivity index (χ4v) is 2.76. The maximum Gasteiger partial charge on any atom is 0.255 e. The van der Waals surface area contributed by atoms with Crippen molar-refractivity contribution < 1.29 is 9.53 Å². The molecule has 6 heteroatoms. The molecule has 0 aliphatic heterocycles. The van der Waals surface area contributed by atoms with Gasteiger partial charge in [-0.25, -0.2) is 0 Å². The van der Waals surface area contributed by atoms with Gasteiger partial charge in [0.2, 0.25) is 0 Å². The fourth-order valence-electron chi connectivity index (χ4n) is 2.63. The van der Waals surface area contributed by atoms with Gasteiger partial charge in [0.05, 0.1) is 24.1 Å². The number of carbonyl (C=O) groups is 1. The minimum absolute atomic E-state index is 0.158. The molecule has 0 saturated heterocycles. The van der Waals surface area contributed by atoms with Crippen molar-refractivity contribution in [3.05, 3.63) is 70.9 Å². The normalized spacial score (nSPS) is 10.5. The summed E-state index contributed by atoms with van der Waals surface area (Å²) in [6.07, 6.45) is 2.28. The van der Waals surface area contributed by atoms with Crippen molar-refractivity contribution in [2.45, 2.75) is 13.3 Å². The van der Waals surface area contributed by atoms with Crippen LogP contribution in [-0.4, -0.2) is 29.3 Å². The van der Waals surface area contributed by atoms with Crippen LogP contribution in [0.1, 0.15) is 22.8 Å². The van der Waals surface area contributed by atoms with Crippen LogP contribution in [0.25, 0.3) is 11.3 Å². The number of H-pyrrole nitrogens is 1. The monoisotopic (exact) mass is 369 g/mol. The predicted molar refractivity (Wildman–Crippen MR) is 103 cm³/mol. The highest BCUT2D eigenvalue weighted by atomic mass is 35.5. The number of amides is 1. The van der Waals surface area contributed by atoms with E-state index in [1.807, 2.05) is 43.3 Å². The minimum Gasteiger partial charge on any atom is -0.494 e. The van der Waals surface area contributed by atoms with Crippen LogP contribution in [-0.2, 0) is 6.42 Å². The molecule has 1 heterocycles. The third-order valence-corrected chi connectivity index (χ3v) is 4.20. The summed E-state index contributed by atoms with van der Waals surface area (Å²) in [7, 11) is 0. The first-order valence-electron chi connectivity index (χ1n) is 8.46. The van der Waals surface area contributed by atoms with Crippen LogP contribution in [0.4, 0.5) is 0 Å². The second-order valence-corrected chi connectivity index (χ2v) is 6.18. The number of ether oxygens (including phenoxy) is 1. The van der Waals surface area contributed by atoms with Crippen molar-refractivity contribution in [3.8, 4) is 17.0 Å². The third-order valence-electron chi connectivity index (χ3n) is 3.95. The molecule has 0 unspecified atom stereocenters. The van der Waals surface area contributed by atoms with E-state index in [4.69, 9.17) is 16.3 Å². The standard InChI is InChI=1S/C20H20ClN3O2/c1-2-26-17-9-3-14(4-10-17)11-12-22-20(25)18-13-23-24-19(18)15-5-7-16(21)8-6-15/h3-10,13H,2,11-12H2,1H3,(H,22,25)(H,23,24).